The highest BCUT2D eigenvalue weighted by Gasteiger charge is 2.52. The molecule has 1 aromatic rings. The van der Waals surface area contributed by atoms with Crippen molar-refractivity contribution in [3.8, 4) is 0 Å². The lowest BCUT2D eigenvalue weighted by Crippen LogP contribution is -2.68. The minimum atomic E-state index is -2.19. The van der Waals surface area contributed by atoms with Crippen LogP contribution in [0.2, 0.25) is 19.6 Å². The lowest BCUT2D eigenvalue weighted by Gasteiger charge is -2.48. The zero-order valence-corrected chi connectivity index (χ0v) is 18.2. The molecular weight excluding hydrogens is 420 g/mol. The summed E-state index contributed by atoms with van der Waals surface area (Å²) in [6, 6.07) is 0.786. The van der Waals surface area contributed by atoms with E-state index in [-0.39, 0.29) is 39.2 Å². The van der Waals surface area contributed by atoms with E-state index in [2.05, 4.69) is 0 Å². The van der Waals surface area contributed by atoms with Crippen LogP contribution < -0.4 is 5.73 Å². The Morgan fingerprint density at radius 3 is 2.82 bits per heavy atom. The Morgan fingerprint density at radius 2 is 2.18 bits per heavy atom. The van der Waals surface area contributed by atoms with Crippen molar-refractivity contribution in [3.05, 3.63) is 34.9 Å². The minimum absolute atomic E-state index is 0.0353. The number of hydrogen-bond acceptors (Lipinski definition) is 9. The van der Waals surface area contributed by atoms with E-state index in [0.29, 0.717) is 17.6 Å². The first-order valence-corrected chi connectivity index (χ1v) is 13.9. The Hall–Kier alpha value is -1.82. The maximum atomic E-state index is 12.8. The molecule has 1 fully saturated rings. The fraction of sp³-hybridized carbons (Fsp3) is 0.412. The van der Waals surface area contributed by atoms with Gasteiger partial charge in [0.1, 0.15) is 17.1 Å². The standard InChI is InChI=1S/C17H20N2O6S2Si/c1-28(2,3)25-16(22)13-9(7-26-15-12(18)14(21)19(13)15)8-27-17(23)10-4-5-24-11(10)6-20/h4-6,12,15H,7-8,18H2,1-3H3/t12?,15-/m0/s1. The molecule has 2 atom stereocenters. The molecule has 8 nitrogen and oxygen atoms in total. The molecule has 0 aliphatic carbocycles. The maximum Gasteiger partial charge on any atom is 0.341 e. The van der Waals surface area contributed by atoms with E-state index in [9.17, 15) is 19.2 Å². The molecule has 2 N–H and O–H groups in total. The Bertz CT molecular complexity index is 875. The highest BCUT2D eigenvalue weighted by molar-refractivity contribution is 8.14. The summed E-state index contributed by atoms with van der Waals surface area (Å²) in [7, 11) is -2.19. The first-order valence-electron chi connectivity index (χ1n) is 8.49. The number of aldehydes is 1. The van der Waals surface area contributed by atoms with Crippen LogP contribution in [-0.2, 0) is 14.0 Å². The monoisotopic (exact) mass is 440 g/mol. The molecule has 1 aromatic heterocycles. The quantitative estimate of drug-likeness (QED) is 0.401. The Labute approximate surface area is 171 Å². The first kappa shape index (κ1) is 20.9. The van der Waals surface area contributed by atoms with Crippen molar-refractivity contribution < 1.29 is 28.0 Å². The van der Waals surface area contributed by atoms with Crippen molar-refractivity contribution in [2.75, 3.05) is 11.5 Å². The number of hydrogen-bond donors (Lipinski definition) is 1. The summed E-state index contributed by atoms with van der Waals surface area (Å²) < 4.78 is 10.6. The zero-order valence-electron chi connectivity index (χ0n) is 15.6. The smallest absolute Gasteiger partial charge is 0.341 e. The average molecular weight is 441 g/mol. The van der Waals surface area contributed by atoms with E-state index in [0.717, 1.165) is 11.8 Å². The Balaban J connectivity index is 1.84. The van der Waals surface area contributed by atoms with Crippen LogP contribution in [0.4, 0.5) is 0 Å². The van der Waals surface area contributed by atoms with Gasteiger partial charge in [-0.05, 0) is 31.3 Å². The zero-order chi connectivity index (χ0) is 20.6. The van der Waals surface area contributed by atoms with E-state index >= 15 is 0 Å². The van der Waals surface area contributed by atoms with Gasteiger partial charge < -0.3 is 14.6 Å². The predicted octanol–water partition coefficient (Wildman–Crippen LogP) is 1.84. The van der Waals surface area contributed by atoms with Gasteiger partial charge in [0.15, 0.2) is 12.0 Å². The van der Waals surface area contributed by atoms with Gasteiger partial charge in [-0.15, -0.1) is 11.8 Å². The van der Waals surface area contributed by atoms with Crippen LogP contribution in [0.1, 0.15) is 20.9 Å². The van der Waals surface area contributed by atoms with E-state index in [4.69, 9.17) is 14.6 Å². The molecule has 0 bridgehead atoms. The third kappa shape index (κ3) is 3.97. The second-order valence-electron chi connectivity index (χ2n) is 7.28. The fourth-order valence-electron chi connectivity index (χ4n) is 2.82. The Morgan fingerprint density at radius 1 is 1.46 bits per heavy atom. The molecule has 150 valence electrons. The normalized spacial score (nSPS) is 21.9. The Kier molecular flexibility index (Phi) is 5.89. The molecule has 2 aliphatic rings. The number of fused-ring (bicyclic) bond motifs is 1. The van der Waals surface area contributed by atoms with Gasteiger partial charge in [-0.2, -0.15) is 0 Å². The first-order chi connectivity index (χ1) is 13.1. The van der Waals surface area contributed by atoms with E-state index < -0.39 is 20.3 Å². The summed E-state index contributed by atoms with van der Waals surface area (Å²) in [4.78, 5) is 49.8. The molecule has 0 spiro atoms. The molecule has 2 aliphatic heterocycles. The van der Waals surface area contributed by atoms with Crippen LogP contribution in [0.25, 0.3) is 0 Å². The lowest BCUT2D eigenvalue weighted by atomic mass is 10.0. The number of amides is 1. The minimum Gasteiger partial charge on any atom is -0.515 e. The highest BCUT2D eigenvalue weighted by atomic mass is 32.2. The largest absolute Gasteiger partial charge is 0.515 e. The van der Waals surface area contributed by atoms with Gasteiger partial charge in [-0.1, -0.05) is 11.8 Å². The number of carbonyl (C=O) groups excluding carboxylic acids is 4. The van der Waals surface area contributed by atoms with Crippen molar-refractivity contribution in [3.63, 3.8) is 0 Å². The summed E-state index contributed by atoms with van der Waals surface area (Å²) in [6.45, 7) is 5.63. The van der Waals surface area contributed by atoms with Gasteiger partial charge in [-0.3, -0.25) is 19.3 Å². The molecule has 0 aromatic carbocycles. The number of rotatable bonds is 6. The van der Waals surface area contributed by atoms with Gasteiger partial charge in [0.25, 0.3) is 0 Å². The summed E-state index contributed by atoms with van der Waals surface area (Å²) in [5, 5.41) is -0.642. The lowest BCUT2D eigenvalue weighted by molar-refractivity contribution is -0.147. The van der Waals surface area contributed by atoms with Crippen LogP contribution in [0, 0.1) is 0 Å². The van der Waals surface area contributed by atoms with Crippen molar-refractivity contribution in [1.29, 1.82) is 0 Å². The molecule has 11 heteroatoms. The summed E-state index contributed by atoms with van der Waals surface area (Å²) in [5.74, 6) is -0.259. The number of carbonyl (C=O) groups is 4. The number of furan rings is 1. The molecule has 28 heavy (non-hydrogen) atoms. The van der Waals surface area contributed by atoms with E-state index in [1.54, 1.807) is 0 Å². The molecule has 1 amide bonds. The van der Waals surface area contributed by atoms with Crippen LogP contribution >= 0.6 is 23.5 Å². The fourth-order valence-corrected chi connectivity index (χ4v) is 5.76. The van der Waals surface area contributed by atoms with E-state index in [1.165, 1.54) is 29.0 Å². The molecule has 0 radical (unpaired) electrons. The van der Waals surface area contributed by atoms with Crippen LogP contribution in [0.15, 0.2) is 28.0 Å². The van der Waals surface area contributed by atoms with Gasteiger partial charge >= 0.3 is 5.97 Å². The van der Waals surface area contributed by atoms with Crippen molar-refractivity contribution in [2.45, 2.75) is 31.1 Å². The van der Waals surface area contributed by atoms with Crippen LogP contribution in [-0.4, -0.2) is 59.4 Å². The van der Waals surface area contributed by atoms with Crippen molar-refractivity contribution >= 4 is 55.1 Å². The summed E-state index contributed by atoms with van der Waals surface area (Å²) in [5.41, 5.74) is 6.86. The van der Waals surface area contributed by atoms with Gasteiger partial charge in [0.2, 0.25) is 19.3 Å². The highest BCUT2D eigenvalue weighted by Crippen LogP contribution is 2.41. The number of thioether (sulfide) groups is 2. The molecule has 0 saturated carbocycles. The molecule has 3 heterocycles. The number of β-lactam (4-membered cyclic amide) rings is 1. The maximum absolute atomic E-state index is 12.8. The van der Waals surface area contributed by atoms with E-state index in [1.807, 2.05) is 19.6 Å². The molecule has 1 saturated heterocycles. The summed E-state index contributed by atoms with van der Waals surface area (Å²) >= 11 is 2.40. The van der Waals surface area contributed by atoms with Crippen molar-refractivity contribution in [2.24, 2.45) is 5.73 Å². The van der Waals surface area contributed by atoms with Gasteiger partial charge in [-0.25, -0.2) is 4.79 Å². The number of nitrogens with zero attached hydrogens (tertiary/aromatic N) is 1. The van der Waals surface area contributed by atoms with Crippen molar-refractivity contribution in [1.82, 2.24) is 4.90 Å². The second kappa shape index (κ2) is 7.89. The summed E-state index contributed by atoms with van der Waals surface area (Å²) in [6.07, 6.45) is 1.75. The third-order valence-electron chi connectivity index (χ3n) is 4.08. The molecular formula is C17H20N2O6S2Si. The average Bonchev–Trinajstić information content (AvgIpc) is 3.12. The van der Waals surface area contributed by atoms with Gasteiger partial charge in [0.05, 0.1) is 11.8 Å². The van der Waals surface area contributed by atoms with Crippen LogP contribution in [0.5, 0.6) is 0 Å². The second-order valence-corrected chi connectivity index (χ2v) is 13.8. The predicted molar refractivity (Wildman–Crippen MR) is 108 cm³/mol. The molecule has 3 rings (SSSR count). The molecule has 1 unspecified atom stereocenters. The van der Waals surface area contributed by atoms with Gasteiger partial charge in [0, 0.05) is 11.5 Å². The SMILES string of the molecule is C[Si](C)(C)OC(=O)C1=C(CSC(=O)c2ccoc2C=O)CS[C@H]2C(N)C(=O)N12. The number of nitrogens with two attached hydrogens (primary N) is 1. The van der Waals surface area contributed by atoms with Crippen LogP contribution in [0.3, 0.4) is 0 Å². The third-order valence-corrected chi connectivity index (χ3v) is 7.21. The topological polar surface area (TPSA) is 120 Å².